The second-order valence-corrected chi connectivity index (χ2v) is 15.4. The van der Waals surface area contributed by atoms with E-state index in [9.17, 15) is 14.7 Å². The Morgan fingerprint density at radius 2 is 1.90 bits per heavy atom. The van der Waals surface area contributed by atoms with Crippen LogP contribution in [0.1, 0.15) is 75.9 Å². The summed E-state index contributed by atoms with van der Waals surface area (Å²) < 4.78 is 21.2. The van der Waals surface area contributed by atoms with Crippen molar-refractivity contribution in [2.45, 2.75) is 89.7 Å². The number of piperazine rings is 1. The van der Waals surface area contributed by atoms with Crippen molar-refractivity contribution in [2.75, 3.05) is 50.7 Å². The fourth-order valence-electron chi connectivity index (χ4n) is 7.63. The van der Waals surface area contributed by atoms with Gasteiger partial charge in [0.1, 0.15) is 17.6 Å². The number of hydrogen-bond donors (Lipinski definition) is 3. The fourth-order valence-corrected chi connectivity index (χ4v) is 8.44. The highest BCUT2D eigenvalue weighted by Gasteiger charge is 2.44. The minimum absolute atomic E-state index is 0.0729. The maximum atomic E-state index is 15.4. The Morgan fingerprint density at radius 3 is 2.55 bits per heavy atom. The largest absolute Gasteiger partial charge is 0.391 e. The number of carbonyl (C=O) groups is 2. The second kappa shape index (κ2) is 14.8. The lowest BCUT2D eigenvalue weighted by atomic mass is 9.91. The molecule has 3 saturated heterocycles. The van der Waals surface area contributed by atoms with Crippen molar-refractivity contribution < 1.29 is 23.6 Å². The molecule has 3 fully saturated rings. The molecule has 0 radical (unpaired) electrons. The van der Waals surface area contributed by atoms with E-state index in [4.69, 9.17) is 4.52 Å². The zero-order valence-corrected chi connectivity index (χ0v) is 30.0. The number of halogens is 1. The normalized spacial score (nSPS) is 24.3. The van der Waals surface area contributed by atoms with E-state index in [0.717, 1.165) is 28.2 Å². The molecule has 5 heterocycles. The molecule has 2 aromatic heterocycles. The van der Waals surface area contributed by atoms with E-state index in [1.165, 1.54) is 4.90 Å². The van der Waals surface area contributed by atoms with E-state index in [1.807, 2.05) is 63.5 Å². The third-order valence-corrected chi connectivity index (χ3v) is 11.4. The first-order chi connectivity index (χ1) is 23.4. The number of aryl methyl sites for hydroxylation is 1. The zero-order chi connectivity index (χ0) is 34.9. The average Bonchev–Trinajstić information content (AvgIpc) is 3.81. The molecule has 6 rings (SSSR count). The van der Waals surface area contributed by atoms with Crippen molar-refractivity contribution in [2.24, 2.45) is 5.92 Å². The molecule has 2 unspecified atom stereocenters. The SMILES string of the molecule is Cc1ncsc1-c1ccc(C(C)NC(=O)[C@@H]2C[C@@H](O)CN2C(=O)C(c2cc(N3CCN(CC4(F)CCNCC4)C[C@H]3C)no2)C(C)C)cc1. The lowest BCUT2D eigenvalue weighted by Gasteiger charge is -2.43. The second-order valence-electron chi connectivity index (χ2n) is 14.5. The Bertz CT molecular complexity index is 1590. The summed E-state index contributed by atoms with van der Waals surface area (Å²) in [7, 11) is 0. The summed E-state index contributed by atoms with van der Waals surface area (Å²) >= 11 is 1.59. The summed E-state index contributed by atoms with van der Waals surface area (Å²) in [4.78, 5) is 39.1. The van der Waals surface area contributed by atoms with Crippen LogP contribution in [0.3, 0.4) is 0 Å². The van der Waals surface area contributed by atoms with Crippen molar-refractivity contribution in [3.8, 4) is 10.4 Å². The zero-order valence-electron chi connectivity index (χ0n) is 29.2. The van der Waals surface area contributed by atoms with Crippen molar-refractivity contribution in [1.29, 1.82) is 0 Å². The van der Waals surface area contributed by atoms with E-state index in [2.05, 4.69) is 37.5 Å². The van der Waals surface area contributed by atoms with Crippen LogP contribution >= 0.6 is 11.3 Å². The highest BCUT2D eigenvalue weighted by Crippen LogP contribution is 2.34. The first kappa shape index (κ1) is 35.4. The molecule has 11 nitrogen and oxygen atoms in total. The van der Waals surface area contributed by atoms with Gasteiger partial charge in [-0.1, -0.05) is 43.3 Å². The summed E-state index contributed by atoms with van der Waals surface area (Å²) in [6.45, 7) is 13.9. The number of hydrogen-bond acceptors (Lipinski definition) is 10. The molecule has 1 aromatic carbocycles. The standard InChI is InChI=1S/C36H50FN7O4S/c1-22(2)32(30-17-31(41-48-30)43-15-14-42(18-23(43)3)20-36(37)10-12-38-13-11-36)35(47)44-19-28(45)16-29(44)34(46)40-24(4)26-6-8-27(9-7-26)33-25(5)39-21-49-33/h6-9,17,21-24,28-29,32,38,45H,10-16,18-20H2,1-5H3,(H,40,46)/t23-,24?,28-,29+,32?/m1/s1. The Hall–Kier alpha value is -3.39. The van der Waals surface area contributed by atoms with Crippen molar-refractivity contribution in [3.05, 3.63) is 52.9 Å². The topological polar surface area (TPSA) is 127 Å². The molecule has 0 spiro atoms. The number of anilines is 1. The lowest BCUT2D eigenvalue weighted by molar-refractivity contribution is -0.141. The van der Waals surface area contributed by atoms with Crippen LogP contribution < -0.4 is 15.5 Å². The van der Waals surface area contributed by atoms with Crippen LogP contribution in [0.25, 0.3) is 10.4 Å². The third kappa shape index (κ3) is 7.84. The highest BCUT2D eigenvalue weighted by atomic mass is 32.1. The summed E-state index contributed by atoms with van der Waals surface area (Å²) in [5, 5.41) is 21.3. The minimum Gasteiger partial charge on any atom is -0.391 e. The number of aromatic nitrogens is 2. The molecule has 266 valence electrons. The molecular formula is C36H50FN7O4S. The van der Waals surface area contributed by atoms with Gasteiger partial charge in [-0.2, -0.15) is 0 Å². The smallest absolute Gasteiger partial charge is 0.243 e. The molecule has 5 atom stereocenters. The van der Waals surface area contributed by atoms with Crippen LogP contribution in [-0.4, -0.2) is 107 Å². The quantitative estimate of drug-likeness (QED) is 0.285. The van der Waals surface area contributed by atoms with Crippen molar-refractivity contribution in [1.82, 2.24) is 30.6 Å². The predicted octanol–water partition coefficient (Wildman–Crippen LogP) is 4.29. The highest BCUT2D eigenvalue weighted by molar-refractivity contribution is 7.13. The predicted molar refractivity (Wildman–Crippen MR) is 188 cm³/mol. The monoisotopic (exact) mass is 695 g/mol. The Labute approximate surface area is 292 Å². The molecule has 3 N–H and O–H groups in total. The van der Waals surface area contributed by atoms with Gasteiger partial charge >= 0.3 is 0 Å². The molecule has 0 saturated carbocycles. The maximum Gasteiger partial charge on any atom is 0.243 e. The molecule has 3 aromatic rings. The van der Waals surface area contributed by atoms with E-state index < -0.39 is 23.7 Å². The first-order valence-corrected chi connectivity index (χ1v) is 18.4. The average molecular weight is 696 g/mol. The van der Waals surface area contributed by atoms with Gasteiger partial charge in [-0.15, -0.1) is 11.3 Å². The number of carbonyl (C=O) groups excluding carboxylic acids is 2. The number of nitrogens with one attached hydrogen (secondary N) is 2. The van der Waals surface area contributed by atoms with E-state index >= 15 is 4.39 Å². The number of β-amino-alcohol motifs (C(OH)–C–C–N with tert-alkyl or cyclic N) is 1. The summed E-state index contributed by atoms with van der Waals surface area (Å²) in [6.07, 6.45) is 0.437. The third-order valence-electron chi connectivity index (χ3n) is 10.4. The first-order valence-electron chi connectivity index (χ1n) is 17.6. The molecule has 3 aliphatic heterocycles. The number of likely N-dealkylation sites (tertiary alicyclic amines) is 1. The molecule has 13 heteroatoms. The molecule has 2 amide bonds. The summed E-state index contributed by atoms with van der Waals surface area (Å²) in [5.41, 5.74) is 3.68. The van der Waals surface area contributed by atoms with Crippen LogP contribution in [0, 0.1) is 12.8 Å². The van der Waals surface area contributed by atoms with E-state index in [1.54, 1.807) is 11.3 Å². The summed E-state index contributed by atoms with van der Waals surface area (Å²) in [5.74, 6) is -0.295. The Morgan fingerprint density at radius 1 is 1.16 bits per heavy atom. The fraction of sp³-hybridized carbons (Fsp3) is 0.611. The number of aliphatic hydroxyl groups excluding tert-OH is 1. The van der Waals surface area contributed by atoms with Gasteiger partial charge in [-0.25, -0.2) is 9.37 Å². The van der Waals surface area contributed by atoms with Gasteiger partial charge in [0.2, 0.25) is 11.8 Å². The van der Waals surface area contributed by atoms with Crippen LogP contribution in [0.5, 0.6) is 0 Å². The van der Waals surface area contributed by atoms with Gasteiger partial charge in [0.05, 0.1) is 28.2 Å². The number of nitrogens with zero attached hydrogens (tertiary/aromatic N) is 5. The number of piperidine rings is 1. The minimum atomic E-state index is -1.15. The van der Waals surface area contributed by atoms with Gasteiger partial charge < -0.3 is 30.1 Å². The van der Waals surface area contributed by atoms with Gasteiger partial charge in [0, 0.05) is 51.3 Å². The molecule has 0 aliphatic carbocycles. The van der Waals surface area contributed by atoms with Gasteiger partial charge in [-0.05, 0) is 63.7 Å². The number of aliphatic hydroxyl groups is 1. The van der Waals surface area contributed by atoms with Crippen molar-refractivity contribution >= 4 is 29.0 Å². The van der Waals surface area contributed by atoms with Gasteiger partial charge in [0.15, 0.2) is 11.6 Å². The summed E-state index contributed by atoms with van der Waals surface area (Å²) in [6, 6.07) is 8.86. The molecule has 0 bridgehead atoms. The number of amides is 2. The Balaban J connectivity index is 1.10. The van der Waals surface area contributed by atoms with Crippen LogP contribution in [0.15, 0.2) is 40.4 Å². The molecule has 49 heavy (non-hydrogen) atoms. The Kier molecular flexibility index (Phi) is 10.7. The number of thiazole rings is 1. The molecule has 3 aliphatic rings. The van der Waals surface area contributed by atoms with Gasteiger partial charge in [0.25, 0.3) is 0 Å². The van der Waals surface area contributed by atoms with Crippen LogP contribution in [0.4, 0.5) is 10.2 Å². The van der Waals surface area contributed by atoms with Gasteiger partial charge in [-0.3, -0.25) is 14.5 Å². The van der Waals surface area contributed by atoms with E-state index in [0.29, 0.717) is 57.1 Å². The number of rotatable bonds is 10. The lowest BCUT2D eigenvalue weighted by Crippen LogP contribution is -2.56. The van der Waals surface area contributed by atoms with Crippen molar-refractivity contribution in [3.63, 3.8) is 0 Å². The maximum absolute atomic E-state index is 15.4. The number of alkyl halides is 1. The van der Waals surface area contributed by atoms with E-state index in [-0.39, 0.29) is 42.8 Å². The number of benzene rings is 1. The molecular weight excluding hydrogens is 646 g/mol. The van der Waals surface area contributed by atoms with Crippen LogP contribution in [-0.2, 0) is 9.59 Å². The van der Waals surface area contributed by atoms with Crippen LogP contribution in [0.2, 0.25) is 0 Å².